The predicted molar refractivity (Wildman–Crippen MR) is 83.1 cm³/mol. The molecule has 0 radical (unpaired) electrons. The second-order valence-electron chi connectivity index (χ2n) is 4.46. The average molecular weight is 327 g/mol. The van der Waals surface area contributed by atoms with E-state index >= 15 is 0 Å². The number of hydrogen-bond donors (Lipinski definition) is 1. The number of likely N-dealkylation sites (N-methyl/N-ethyl adjacent to an activating group) is 1. The molecule has 1 rings (SSSR count). The summed E-state index contributed by atoms with van der Waals surface area (Å²) < 4.78 is 1.07. The number of rotatable bonds is 7. The van der Waals surface area contributed by atoms with E-state index in [1.54, 1.807) is 0 Å². The van der Waals surface area contributed by atoms with Gasteiger partial charge in [-0.15, -0.1) is 0 Å². The number of nitrogens with zero attached hydrogens (tertiary/aromatic N) is 1. The van der Waals surface area contributed by atoms with Crippen LogP contribution in [0, 0.1) is 0 Å². The second kappa shape index (κ2) is 8.33. The van der Waals surface area contributed by atoms with E-state index in [2.05, 4.69) is 40.3 Å². The van der Waals surface area contributed by atoms with E-state index in [9.17, 15) is 4.79 Å². The van der Waals surface area contributed by atoms with Crippen molar-refractivity contribution in [1.29, 1.82) is 0 Å². The summed E-state index contributed by atoms with van der Waals surface area (Å²) in [6.45, 7) is 8.08. The standard InChI is InChI=1S/C15H23BrN2O/c1-4-14(12-7-9-13(16)10-8-12)17-11-15(19)18(5-2)6-3/h7-10,14,17H,4-6,11H2,1-3H3. The lowest BCUT2D eigenvalue weighted by Gasteiger charge is -2.22. The lowest BCUT2D eigenvalue weighted by molar-refractivity contribution is -0.130. The molecule has 106 valence electrons. The van der Waals surface area contributed by atoms with Crippen LogP contribution in [0.3, 0.4) is 0 Å². The number of hydrogen-bond acceptors (Lipinski definition) is 2. The Kier molecular flexibility index (Phi) is 7.10. The van der Waals surface area contributed by atoms with E-state index < -0.39 is 0 Å². The van der Waals surface area contributed by atoms with Gasteiger partial charge in [-0.1, -0.05) is 35.0 Å². The van der Waals surface area contributed by atoms with Gasteiger partial charge in [-0.2, -0.15) is 0 Å². The molecule has 1 unspecified atom stereocenters. The van der Waals surface area contributed by atoms with Crippen LogP contribution in [0.5, 0.6) is 0 Å². The van der Waals surface area contributed by atoms with E-state index in [-0.39, 0.29) is 11.9 Å². The highest BCUT2D eigenvalue weighted by Gasteiger charge is 2.13. The third-order valence-corrected chi connectivity index (χ3v) is 3.83. The van der Waals surface area contributed by atoms with Gasteiger partial charge in [-0.25, -0.2) is 0 Å². The van der Waals surface area contributed by atoms with Crippen LogP contribution in [0.1, 0.15) is 38.8 Å². The smallest absolute Gasteiger partial charge is 0.236 e. The number of carbonyl (C=O) groups excluding carboxylic acids is 1. The molecule has 1 N–H and O–H groups in total. The molecule has 1 aromatic carbocycles. The Morgan fingerprint density at radius 1 is 1.21 bits per heavy atom. The average Bonchev–Trinajstić information content (AvgIpc) is 2.42. The molecule has 0 aliphatic rings. The number of amides is 1. The number of halogens is 1. The molecule has 0 aliphatic carbocycles. The van der Waals surface area contributed by atoms with Crippen molar-refractivity contribution in [1.82, 2.24) is 10.2 Å². The van der Waals surface area contributed by atoms with E-state index in [0.29, 0.717) is 6.54 Å². The van der Waals surface area contributed by atoms with E-state index in [0.717, 1.165) is 24.0 Å². The van der Waals surface area contributed by atoms with Crippen LogP contribution in [0.15, 0.2) is 28.7 Å². The summed E-state index contributed by atoms with van der Waals surface area (Å²) in [5.74, 6) is 0.167. The Labute approximate surface area is 124 Å². The molecule has 1 atom stereocenters. The number of carbonyl (C=O) groups is 1. The van der Waals surface area contributed by atoms with Gasteiger partial charge in [0.05, 0.1) is 6.54 Å². The van der Waals surface area contributed by atoms with Crippen molar-refractivity contribution in [3.05, 3.63) is 34.3 Å². The molecule has 0 saturated heterocycles. The molecule has 0 heterocycles. The van der Waals surface area contributed by atoms with Gasteiger partial charge in [0.25, 0.3) is 0 Å². The topological polar surface area (TPSA) is 32.3 Å². The van der Waals surface area contributed by atoms with Gasteiger partial charge < -0.3 is 10.2 Å². The Hall–Kier alpha value is -0.870. The number of nitrogens with one attached hydrogen (secondary N) is 1. The summed E-state index contributed by atoms with van der Waals surface area (Å²) in [6.07, 6.45) is 0.965. The van der Waals surface area contributed by atoms with Crippen molar-refractivity contribution < 1.29 is 4.79 Å². The van der Waals surface area contributed by atoms with E-state index in [4.69, 9.17) is 0 Å². The zero-order valence-corrected chi connectivity index (χ0v) is 13.5. The monoisotopic (exact) mass is 326 g/mol. The van der Waals surface area contributed by atoms with Crippen molar-refractivity contribution in [3.8, 4) is 0 Å². The molecule has 0 fully saturated rings. The maximum atomic E-state index is 12.0. The Morgan fingerprint density at radius 3 is 2.26 bits per heavy atom. The fourth-order valence-corrected chi connectivity index (χ4v) is 2.36. The Morgan fingerprint density at radius 2 is 1.79 bits per heavy atom. The lowest BCUT2D eigenvalue weighted by atomic mass is 10.0. The predicted octanol–water partition coefficient (Wildman–Crippen LogP) is 3.36. The van der Waals surface area contributed by atoms with Crippen molar-refractivity contribution in [3.63, 3.8) is 0 Å². The first-order valence-electron chi connectivity index (χ1n) is 6.88. The molecule has 1 amide bonds. The molecule has 1 aromatic rings. The van der Waals surface area contributed by atoms with Gasteiger partial charge in [0.2, 0.25) is 5.91 Å². The SMILES string of the molecule is CCC(NCC(=O)N(CC)CC)c1ccc(Br)cc1. The van der Waals surface area contributed by atoms with Crippen molar-refractivity contribution in [2.45, 2.75) is 33.2 Å². The van der Waals surface area contributed by atoms with Crippen LogP contribution < -0.4 is 5.32 Å². The molecule has 0 aromatic heterocycles. The summed E-state index contributed by atoms with van der Waals surface area (Å²) in [6, 6.07) is 8.48. The minimum absolute atomic E-state index is 0.167. The molecule has 0 spiro atoms. The Bertz CT molecular complexity index is 388. The molecular formula is C15H23BrN2O. The largest absolute Gasteiger partial charge is 0.342 e. The zero-order valence-electron chi connectivity index (χ0n) is 11.9. The highest BCUT2D eigenvalue weighted by Crippen LogP contribution is 2.19. The minimum atomic E-state index is 0.167. The first kappa shape index (κ1) is 16.2. The second-order valence-corrected chi connectivity index (χ2v) is 5.37. The first-order chi connectivity index (χ1) is 9.12. The van der Waals surface area contributed by atoms with E-state index in [1.165, 1.54) is 5.56 Å². The van der Waals surface area contributed by atoms with Crippen molar-refractivity contribution >= 4 is 21.8 Å². The molecule has 0 aliphatic heterocycles. The highest BCUT2D eigenvalue weighted by atomic mass is 79.9. The third-order valence-electron chi connectivity index (χ3n) is 3.30. The summed E-state index contributed by atoms with van der Waals surface area (Å²) in [4.78, 5) is 13.8. The minimum Gasteiger partial charge on any atom is -0.342 e. The van der Waals surface area contributed by atoms with Crippen LogP contribution in [-0.2, 0) is 4.79 Å². The van der Waals surface area contributed by atoms with Gasteiger partial charge >= 0.3 is 0 Å². The van der Waals surface area contributed by atoms with Crippen LogP contribution in [0.25, 0.3) is 0 Å². The molecule has 0 bridgehead atoms. The van der Waals surface area contributed by atoms with Gasteiger partial charge in [0.1, 0.15) is 0 Å². The third kappa shape index (κ3) is 4.96. The zero-order chi connectivity index (χ0) is 14.3. The molecule has 0 saturated carbocycles. The summed E-state index contributed by atoms with van der Waals surface area (Å²) >= 11 is 3.44. The van der Waals surface area contributed by atoms with Gasteiger partial charge in [0, 0.05) is 23.6 Å². The Balaban J connectivity index is 2.58. The molecular weight excluding hydrogens is 304 g/mol. The maximum absolute atomic E-state index is 12.0. The van der Waals surface area contributed by atoms with Crippen LogP contribution >= 0.6 is 15.9 Å². The van der Waals surface area contributed by atoms with Crippen molar-refractivity contribution in [2.24, 2.45) is 0 Å². The summed E-state index contributed by atoms with van der Waals surface area (Å²) in [5.41, 5.74) is 1.22. The van der Waals surface area contributed by atoms with Gasteiger partial charge in [0.15, 0.2) is 0 Å². The van der Waals surface area contributed by atoms with Crippen molar-refractivity contribution in [2.75, 3.05) is 19.6 Å². The summed E-state index contributed by atoms with van der Waals surface area (Å²) in [7, 11) is 0. The lowest BCUT2D eigenvalue weighted by Crippen LogP contribution is -2.39. The summed E-state index contributed by atoms with van der Waals surface area (Å²) in [5, 5.41) is 3.35. The van der Waals surface area contributed by atoms with E-state index in [1.807, 2.05) is 30.9 Å². The molecule has 3 nitrogen and oxygen atoms in total. The molecule has 19 heavy (non-hydrogen) atoms. The van der Waals surface area contributed by atoms with Gasteiger partial charge in [-0.05, 0) is 38.0 Å². The van der Waals surface area contributed by atoms with Gasteiger partial charge in [-0.3, -0.25) is 4.79 Å². The fourth-order valence-electron chi connectivity index (χ4n) is 2.09. The first-order valence-corrected chi connectivity index (χ1v) is 7.68. The normalized spacial score (nSPS) is 12.2. The van der Waals surface area contributed by atoms with Crippen LogP contribution in [-0.4, -0.2) is 30.4 Å². The number of benzene rings is 1. The molecule has 4 heteroatoms. The fraction of sp³-hybridized carbons (Fsp3) is 0.533. The van der Waals surface area contributed by atoms with Crippen LogP contribution in [0.4, 0.5) is 0 Å². The quantitative estimate of drug-likeness (QED) is 0.833. The maximum Gasteiger partial charge on any atom is 0.236 e. The highest BCUT2D eigenvalue weighted by molar-refractivity contribution is 9.10. The van der Waals surface area contributed by atoms with Crippen LogP contribution in [0.2, 0.25) is 0 Å².